The second-order valence-corrected chi connectivity index (χ2v) is 9.52. The Bertz CT molecular complexity index is 917. The number of hydrogen-bond donors (Lipinski definition) is 0. The van der Waals surface area contributed by atoms with E-state index in [1.54, 1.807) is 11.8 Å². The summed E-state index contributed by atoms with van der Waals surface area (Å²) in [5.41, 5.74) is 1.19. The monoisotopic (exact) mass is 405 g/mol. The molecule has 0 aliphatic carbocycles. The number of nitrogens with zero attached hydrogens (tertiary/aromatic N) is 1. The van der Waals surface area contributed by atoms with Crippen LogP contribution in [0.4, 0.5) is 0 Å². The molecule has 2 heterocycles. The van der Waals surface area contributed by atoms with E-state index in [0.29, 0.717) is 17.9 Å². The molecule has 152 valence electrons. The lowest BCUT2D eigenvalue weighted by atomic mass is 10.1. The molecule has 0 bridgehead atoms. The molecule has 3 rings (SSSR count). The van der Waals surface area contributed by atoms with E-state index in [2.05, 4.69) is 6.92 Å². The van der Waals surface area contributed by atoms with E-state index in [1.165, 1.54) is 5.56 Å². The zero-order chi connectivity index (χ0) is 20.3. The van der Waals surface area contributed by atoms with Crippen LogP contribution in [-0.2, 0) is 27.6 Å². The molecule has 6 nitrogen and oxygen atoms in total. The van der Waals surface area contributed by atoms with Crippen LogP contribution >= 0.6 is 0 Å². The summed E-state index contributed by atoms with van der Waals surface area (Å²) in [6.07, 6.45) is 0.638. The first-order valence-corrected chi connectivity index (χ1v) is 11.4. The van der Waals surface area contributed by atoms with Gasteiger partial charge in [0, 0.05) is 6.04 Å². The summed E-state index contributed by atoms with van der Waals surface area (Å²) in [6.45, 7) is 5.84. The van der Waals surface area contributed by atoms with E-state index < -0.39 is 15.9 Å². The summed E-state index contributed by atoms with van der Waals surface area (Å²) in [7, 11) is -3.12. The highest BCUT2D eigenvalue weighted by Gasteiger charge is 2.37. The van der Waals surface area contributed by atoms with Crippen molar-refractivity contribution in [3.8, 4) is 5.75 Å². The molecule has 1 fully saturated rings. The predicted molar refractivity (Wildman–Crippen MR) is 107 cm³/mol. The van der Waals surface area contributed by atoms with E-state index in [9.17, 15) is 13.2 Å². The topological polar surface area (TPSA) is 76.8 Å². The normalized spacial score (nSPS) is 19.3. The molecule has 1 aliphatic rings. The van der Waals surface area contributed by atoms with Crippen LogP contribution in [0.2, 0.25) is 0 Å². The number of rotatable bonds is 7. The van der Waals surface area contributed by atoms with E-state index in [-0.39, 0.29) is 30.0 Å². The minimum atomic E-state index is -3.12. The van der Waals surface area contributed by atoms with Gasteiger partial charge in [0.25, 0.3) is 5.91 Å². The maximum absolute atomic E-state index is 13.1. The molecule has 2 unspecified atom stereocenters. The number of carbonyl (C=O) groups excluding carboxylic acids is 1. The summed E-state index contributed by atoms with van der Waals surface area (Å²) in [6, 6.07) is 10.9. The lowest BCUT2D eigenvalue weighted by Crippen LogP contribution is -2.46. The first-order chi connectivity index (χ1) is 13.3. The van der Waals surface area contributed by atoms with Gasteiger partial charge >= 0.3 is 0 Å². The van der Waals surface area contributed by atoms with Gasteiger partial charge in [-0.25, -0.2) is 8.42 Å². The molecule has 1 aliphatic heterocycles. The van der Waals surface area contributed by atoms with Crippen LogP contribution in [0, 0.1) is 6.92 Å². The van der Waals surface area contributed by atoms with Crippen LogP contribution < -0.4 is 4.74 Å². The second-order valence-electron chi connectivity index (χ2n) is 7.29. The number of furan rings is 1. The molecule has 1 amide bonds. The SMILES string of the molecule is CCc1ccc(OC(C)C(=O)N(Cc2ccc(C)o2)C2CCS(=O)(=O)C2)cc1. The lowest BCUT2D eigenvalue weighted by Gasteiger charge is -2.30. The fraction of sp³-hybridized carbons (Fsp3) is 0.476. The van der Waals surface area contributed by atoms with Gasteiger partial charge in [0.2, 0.25) is 0 Å². The zero-order valence-electron chi connectivity index (χ0n) is 16.6. The molecule has 2 aromatic rings. The number of carbonyl (C=O) groups is 1. The predicted octanol–water partition coefficient (Wildman–Crippen LogP) is 3.13. The van der Waals surface area contributed by atoms with Crippen LogP contribution in [0.25, 0.3) is 0 Å². The van der Waals surface area contributed by atoms with Crippen molar-refractivity contribution in [2.45, 2.75) is 52.3 Å². The molecule has 0 N–H and O–H groups in total. The Kier molecular flexibility index (Phi) is 6.13. The molecule has 1 aromatic carbocycles. The van der Waals surface area contributed by atoms with E-state index >= 15 is 0 Å². The van der Waals surface area contributed by atoms with Gasteiger partial charge in [0.15, 0.2) is 15.9 Å². The summed E-state index contributed by atoms with van der Waals surface area (Å²) in [4.78, 5) is 14.7. The fourth-order valence-corrected chi connectivity index (χ4v) is 5.17. The Balaban J connectivity index is 1.76. The molecule has 0 radical (unpaired) electrons. The first kappa shape index (κ1) is 20.5. The van der Waals surface area contributed by atoms with Crippen LogP contribution in [-0.4, -0.2) is 42.9 Å². The highest BCUT2D eigenvalue weighted by atomic mass is 32.2. The molecular formula is C21H27NO5S. The van der Waals surface area contributed by atoms with Gasteiger partial charge in [0.05, 0.1) is 18.1 Å². The van der Waals surface area contributed by atoms with Crippen molar-refractivity contribution >= 4 is 15.7 Å². The molecule has 1 aromatic heterocycles. The maximum atomic E-state index is 13.1. The second kappa shape index (κ2) is 8.39. The number of hydrogen-bond acceptors (Lipinski definition) is 5. The van der Waals surface area contributed by atoms with Crippen molar-refractivity contribution in [3.05, 3.63) is 53.5 Å². The van der Waals surface area contributed by atoms with Crippen molar-refractivity contribution in [2.24, 2.45) is 0 Å². The molecule has 2 atom stereocenters. The highest BCUT2D eigenvalue weighted by molar-refractivity contribution is 7.91. The molecule has 1 saturated heterocycles. The molecular weight excluding hydrogens is 378 g/mol. The van der Waals surface area contributed by atoms with Crippen molar-refractivity contribution in [2.75, 3.05) is 11.5 Å². The molecule has 0 saturated carbocycles. The Labute approximate surface area is 166 Å². The van der Waals surface area contributed by atoms with Gasteiger partial charge in [-0.2, -0.15) is 0 Å². The third-order valence-electron chi connectivity index (χ3n) is 5.05. The Hall–Kier alpha value is -2.28. The lowest BCUT2D eigenvalue weighted by molar-refractivity contribution is -0.140. The van der Waals surface area contributed by atoms with Gasteiger partial charge in [0.1, 0.15) is 17.3 Å². The smallest absolute Gasteiger partial charge is 0.264 e. The maximum Gasteiger partial charge on any atom is 0.264 e. The Morgan fingerprint density at radius 1 is 1.25 bits per heavy atom. The number of amides is 1. The van der Waals surface area contributed by atoms with Crippen LogP contribution in [0.3, 0.4) is 0 Å². The third kappa shape index (κ3) is 4.95. The average Bonchev–Trinajstić information content (AvgIpc) is 3.24. The number of aryl methyl sites for hydroxylation is 2. The Morgan fingerprint density at radius 3 is 2.50 bits per heavy atom. The standard InChI is InChI=1S/C21H27NO5S/c1-4-17-6-9-19(10-7-17)27-16(3)21(23)22(13-20-8-5-15(2)26-20)18-11-12-28(24,25)14-18/h5-10,16,18H,4,11-14H2,1-3H3. The Morgan fingerprint density at radius 2 is 1.96 bits per heavy atom. The summed E-state index contributed by atoms with van der Waals surface area (Å²) < 4.78 is 35.4. The molecule has 0 spiro atoms. The zero-order valence-corrected chi connectivity index (χ0v) is 17.4. The fourth-order valence-electron chi connectivity index (χ4n) is 3.44. The first-order valence-electron chi connectivity index (χ1n) is 9.59. The van der Waals surface area contributed by atoms with Crippen molar-refractivity contribution in [1.82, 2.24) is 4.90 Å². The average molecular weight is 406 g/mol. The van der Waals surface area contributed by atoms with E-state index in [0.717, 1.165) is 12.2 Å². The largest absolute Gasteiger partial charge is 0.481 e. The number of ether oxygens (including phenoxy) is 1. The van der Waals surface area contributed by atoms with Crippen molar-refractivity contribution in [1.29, 1.82) is 0 Å². The van der Waals surface area contributed by atoms with Gasteiger partial charge < -0.3 is 14.1 Å². The summed E-state index contributed by atoms with van der Waals surface area (Å²) >= 11 is 0. The van der Waals surface area contributed by atoms with Crippen LogP contribution in [0.1, 0.15) is 37.4 Å². The van der Waals surface area contributed by atoms with Gasteiger partial charge in [-0.05, 0) is 56.5 Å². The summed E-state index contributed by atoms with van der Waals surface area (Å²) in [5.74, 6) is 1.85. The van der Waals surface area contributed by atoms with Crippen molar-refractivity contribution in [3.63, 3.8) is 0 Å². The minimum Gasteiger partial charge on any atom is -0.481 e. The van der Waals surface area contributed by atoms with Gasteiger partial charge in [-0.3, -0.25) is 4.79 Å². The van der Waals surface area contributed by atoms with E-state index in [1.807, 2.05) is 43.3 Å². The highest BCUT2D eigenvalue weighted by Crippen LogP contribution is 2.23. The number of sulfone groups is 1. The summed E-state index contributed by atoms with van der Waals surface area (Å²) in [5, 5.41) is 0. The molecule has 7 heteroatoms. The van der Waals surface area contributed by atoms with Gasteiger partial charge in [-0.1, -0.05) is 19.1 Å². The van der Waals surface area contributed by atoms with Crippen molar-refractivity contribution < 1.29 is 22.4 Å². The van der Waals surface area contributed by atoms with E-state index in [4.69, 9.17) is 9.15 Å². The molecule has 28 heavy (non-hydrogen) atoms. The number of benzene rings is 1. The van der Waals surface area contributed by atoms with Gasteiger partial charge in [-0.15, -0.1) is 0 Å². The van der Waals surface area contributed by atoms with Crippen LogP contribution in [0.15, 0.2) is 40.8 Å². The minimum absolute atomic E-state index is 0.0175. The van der Waals surface area contributed by atoms with Crippen LogP contribution in [0.5, 0.6) is 5.75 Å². The third-order valence-corrected chi connectivity index (χ3v) is 6.80. The quantitative estimate of drug-likeness (QED) is 0.707.